The minimum Gasteiger partial charge on any atom is -0.451 e. The van der Waals surface area contributed by atoms with Crippen molar-refractivity contribution in [3.8, 4) is 11.5 Å². The topological polar surface area (TPSA) is 68.3 Å². The fourth-order valence-electron chi connectivity index (χ4n) is 3.21. The number of carbonyl (C=O) groups is 1. The number of halogens is 1. The number of amides is 1. The third-order valence-electron chi connectivity index (χ3n) is 4.65. The van der Waals surface area contributed by atoms with Crippen LogP contribution in [0.3, 0.4) is 0 Å². The molecule has 1 N–H and O–H groups in total. The number of hydrogen-bond donors (Lipinski definition) is 1. The van der Waals surface area contributed by atoms with E-state index in [1.54, 1.807) is 24.3 Å². The lowest BCUT2D eigenvalue weighted by molar-refractivity contribution is 0.0998. The Morgan fingerprint density at radius 1 is 0.966 bits per heavy atom. The molecule has 0 saturated carbocycles. The molecule has 5 rings (SSSR count). The Labute approximate surface area is 170 Å². The normalized spacial score (nSPS) is 11.2. The average Bonchev–Trinajstić information content (AvgIpc) is 3.33. The Morgan fingerprint density at radius 2 is 1.83 bits per heavy atom. The fourth-order valence-corrected chi connectivity index (χ4v) is 3.40. The summed E-state index contributed by atoms with van der Waals surface area (Å²) in [4.78, 5) is 17.1. The van der Waals surface area contributed by atoms with E-state index in [0.717, 1.165) is 16.5 Å². The van der Waals surface area contributed by atoms with Gasteiger partial charge in [0, 0.05) is 11.1 Å². The lowest BCUT2D eigenvalue weighted by Gasteiger charge is -2.06. The maximum atomic E-state index is 12.6. The molecular weight excluding hydrogens is 388 g/mol. The van der Waals surface area contributed by atoms with Gasteiger partial charge in [-0.3, -0.25) is 4.79 Å². The van der Waals surface area contributed by atoms with E-state index in [9.17, 15) is 4.79 Å². The van der Waals surface area contributed by atoms with Crippen LogP contribution in [0.5, 0.6) is 0 Å². The van der Waals surface area contributed by atoms with E-state index in [1.807, 2.05) is 49.4 Å². The van der Waals surface area contributed by atoms with Gasteiger partial charge in [0.1, 0.15) is 11.1 Å². The largest absolute Gasteiger partial charge is 0.451 e. The van der Waals surface area contributed by atoms with Gasteiger partial charge in [-0.05, 0) is 55.0 Å². The van der Waals surface area contributed by atoms with Crippen LogP contribution in [0.15, 0.2) is 75.6 Å². The van der Waals surface area contributed by atoms with Gasteiger partial charge >= 0.3 is 0 Å². The predicted octanol–water partition coefficient (Wildman–Crippen LogP) is 6.46. The molecule has 0 saturated heterocycles. The first-order valence-electron chi connectivity index (χ1n) is 9.04. The molecule has 5 aromatic rings. The van der Waals surface area contributed by atoms with Gasteiger partial charge in [0.25, 0.3) is 5.91 Å². The standard InChI is InChI=1S/C23H15ClN2O3/c1-13-6-9-20-18(10-13)26-23(29-20)16-12-15(7-8-17(16)24)25-22(27)21-11-14-4-2-3-5-19(14)28-21/h2-12H,1H3,(H,25,27). The SMILES string of the molecule is Cc1ccc2oc(-c3cc(NC(=O)c4cc5ccccc5o4)ccc3Cl)nc2c1. The Morgan fingerprint density at radius 3 is 2.69 bits per heavy atom. The monoisotopic (exact) mass is 402 g/mol. The van der Waals surface area contributed by atoms with Gasteiger partial charge in [0.2, 0.25) is 5.89 Å². The highest BCUT2D eigenvalue weighted by molar-refractivity contribution is 6.33. The van der Waals surface area contributed by atoms with Gasteiger partial charge in [0.05, 0.1) is 10.6 Å². The Bertz CT molecular complexity index is 1350. The predicted molar refractivity (Wildman–Crippen MR) is 113 cm³/mol. The minimum atomic E-state index is -0.345. The molecule has 0 atom stereocenters. The van der Waals surface area contributed by atoms with E-state index >= 15 is 0 Å². The van der Waals surface area contributed by atoms with Crippen LogP contribution >= 0.6 is 11.6 Å². The molecule has 0 aliphatic heterocycles. The second-order valence-electron chi connectivity index (χ2n) is 6.79. The van der Waals surface area contributed by atoms with Crippen molar-refractivity contribution in [2.75, 3.05) is 5.32 Å². The number of nitrogens with zero attached hydrogens (tertiary/aromatic N) is 1. The summed E-state index contributed by atoms with van der Waals surface area (Å²) in [6, 6.07) is 20.1. The molecule has 5 nitrogen and oxygen atoms in total. The van der Waals surface area contributed by atoms with Crippen LogP contribution in [0.25, 0.3) is 33.5 Å². The van der Waals surface area contributed by atoms with Gasteiger partial charge in [0.15, 0.2) is 11.3 Å². The van der Waals surface area contributed by atoms with Gasteiger partial charge < -0.3 is 14.2 Å². The van der Waals surface area contributed by atoms with Gasteiger partial charge in [-0.25, -0.2) is 4.98 Å². The van der Waals surface area contributed by atoms with Gasteiger partial charge in [-0.2, -0.15) is 0 Å². The molecule has 0 fully saturated rings. The van der Waals surface area contributed by atoms with Crippen LogP contribution in [0.1, 0.15) is 16.1 Å². The van der Waals surface area contributed by atoms with Crippen molar-refractivity contribution in [3.63, 3.8) is 0 Å². The number of nitrogens with one attached hydrogen (secondary N) is 1. The van der Waals surface area contributed by atoms with E-state index in [1.165, 1.54) is 0 Å². The number of para-hydroxylation sites is 1. The summed E-state index contributed by atoms with van der Waals surface area (Å²) in [7, 11) is 0. The number of furan rings is 1. The van der Waals surface area contributed by atoms with E-state index in [0.29, 0.717) is 33.3 Å². The summed E-state index contributed by atoms with van der Waals surface area (Å²) in [6.45, 7) is 2.00. The number of oxazole rings is 1. The Balaban J connectivity index is 1.47. The van der Waals surface area contributed by atoms with Crippen molar-refractivity contribution in [2.24, 2.45) is 0 Å². The highest BCUT2D eigenvalue weighted by Gasteiger charge is 2.16. The zero-order valence-electron chi connectivity index (χ0n) is 15.4. The second kappa shape index (κ2) is 6.79. The zero-order valence-corrected chi connectivity index (χ0v) is 16.2. The first-order chi connectivity index (χ1) is 14.1. The van der Waals surface area contributed by atoms with Crippen molar-refractivity contribution in [2.45, 2.75) is 6.92 Å². The summed E-state index contributed by atoms with van der Waals surface area (Å²) in [5.74, 6) is 0.290. The third-order valence-corrected chi connectivity index (χ3v) is 4.98. The van der Waals surface area contributed by atoms with Crippen LogP contribution in [0, 0.1) is 6.92 Å². The quantitative estimate of drug-likeness (QED) is 0.376. The van der Waals surface area contributed by atoms with Crippen molar-refractivity contribution >= 4 is 45.3 Å². The molecule has 0 radical (unpaired) electrons. The van der Waals surface area contributed by atoms with Gasteiger partial charge in [-0.15, -0.1) is 0 Å². The molecule has 6 heteroatoms. The van der Waals surface area contributed by atoms with E-state index in [4.69, 9.17) is 20.4 Å². The minimum absolute atomic E-state index is 0.236. The van der Waals surface area contributed by atoms with Crippen LogP contribution in [0.2, 0.25) is 5.02 Å². The maximum absolute atomic E-state index is 12.6. The molecule has 3 aromatic carbocycles. The molecule has 0 bridgehead atoms. The Kier molecular flexibility index (Phi) is 4.11. The first-order valence-corrected chi connectivity index (χ1v) is 9.42. The van der Waals surface area contributed by atoms with E-state index in [-0.39, 0.29) is 11.7 Å². The average molecular weight is 403 g/mol. The third kappa shape index (κ3) is 3.26. The van der Waals surface area contributed by atoms with Crippen molar-refractivity contribution in [1.82, 2.24) is 4.98 Å². The summed E-state index contributed by atoms with van der Waals surface area (Å²) < 4.78 is 11.5. The molecule has 29 heavy (non-hydrogen) atoms. The number of aromatic nitrogens is 1. The summed E-state index contributed by atoms with van der Waals surface area (Å²) in [5.41, 5.74) is 4.36. The van der Waals surface area contributed by atoms with Crippen LogP contribution in [-0.2, 0) is 0 Å². The van der Waals surface area contributed by atoms with E-state index < -0.39 is 0 Å². The molecular formula is C23H15ClN2O3. The first kappa shape index (κ1) is 17.5. The van der Waals surface area contributed by atoms with Crippen LogP contribution < -0.4 is 5.32 Å². The molecule has 142 valence electrons. The number of hydrogen-bond acceptors (Lipinski definition) is 4. The van der Waals surface area contributed by atoms with Crippen molar-refractivity contribution in [3.05, 3.63) is 83.1 Å². The number of rotatable bonds is 3. The molecule has 0 aliphatic rings. The van der Waals surface area contributed by atoms with Crippen LogP contribution in [0.4, 0.5) is 5.69 Å². The highest BCUT2D eigenvalue weighted by atomic mass is 35.5. The lowest BCUT2D eigenvalue weighted by atomic mass is 10.2. The summed E-state index contributed by atoms with van der Waals surface area (Å²) in [6.07, 6.45) is 0. The van der Waals surface area contributed by atoms with Crippen molar-refractivity contribution < 1.29 is 13.6 Å². The Hall–Kier alpha value is -3.57. The lowest BCUT2D eigenvalue weighted by Crippen LogP contribution is -2.10. The summed E-state index contributed by atoms with van der Waals surface area (Å²) in [5, 5.41) is 4.19. The number of benzene rings is 3. The number of aryl methyl sites for hydroxylation is 1. The molecule has 2 aromatic heterocycles. The fraction of sp³-hybridized carbons (Fsp3) is 0.0435. The van der Waals surface area contributed by atoms with E-state index in [2.05, 4.69) is 10.3 Å². The molecule has 0 spiro atoms. The van der Waals surface area contributed by atoms with Crippen molar-refractivity contribution in [1.29, 1.82) is 0 Å². The second-order valence-corrected chi connectivity index (χ2v) is 7.19. The molecule has 0 aliphatic carbocycles. The smallest absolute Gasteiger partial charge is 0.291 e. The van der Waals surface area contributed by atoms with Crippen LogP contribution in [-0.4, -0.2) is 10.9 Å². The number of fused-ring (bicyclic) bond motifs is 2. The maximum Gasteiger partial charge on any atom is 0.291 e. The zero-order chi connectivity index (χ0) is 20.0. The van der Waals surface area contributed by atoms with Gasteiger partial charge in [-0.1, -0.05) is 35.9 Å². The highest BCUT2D eigenvalue weighted by Crippen LogP contribution is 2.32. The number of carbonyl (C=O) groups excluding carboxylic acids is 1. The molecule has 1 amide bonds. The number of anilines is 1. The molecule has 2 heterocycles. The molecule has 0 unspecified atom stereocenters. The summed E-state index contributed by atoms with van der Waals surface area (Å²) >= 11 is 6.37.